The zero-order valence-electron chi connectivity index (χ0n) is 26.1. The average Bonchev–Trinajstić information content (AvgIpc) is 3.79. The van der Waals surface area contributed by atoms with Crippen molar-refractivity contribution < 1.29 is 20.1 Å². The number of hydrogen-bond acceptors (Lipinski definition) is 2. The minimum absolute atomic E-state index is 0. The van der Waals surface area contributed by atoms with E-state index in [1.165, 1.54) is 0 Å². The molecule has 0 atom stereocenters. The SMILES string of the molecule is C1=C(c2ccccc2)/C(=C/c2[n-]c(-c3ccccc3)cc2-c2ccccc2)N=C1c1ccccc1.[Ir].[c-]1ccccc1-c1ccccn1. The number of nitrogens with zero attached hydrogens (tertiary/aromatic N) is 3. The van der Waals surface area contributed by atoms with Crippen LogP contribution in [0.5, 0.6) is 0 Å². The molecule has 48 heavy (non-hydrogen) atoms. The largest absolute Gasteiger partial charge is 0.657 e. The Morgan fingerprint density at radius 2 is 1.15 bits per heavy atom. The molecule has 0 N–H and O–H groups in total. The Bertz CT molecular complexity index is 2100. The second-order valence-electron chi connectivity index (χ2n) is 11.0. The van der Waals surface area contributed by atoms with Gasteiger partial charge in [-0.05, 0) is 46.2 Å². The second-order valence-corrected chi connectivity index (χ2v) is 11.0. The molecule has 0 saturated carbocycles. The maximum absolute atomic E-state index is 5.07. The van der Waals surface area contributed by atoms with Gasteiger partial charge in [0.2, 0.25) is 0 Å². The quantitative estimate of drug-likeness (QED) is 0.157. The van der Waals surface area contributed by atoms with Crippen LogP contribution in [-0.4, -0.2) is 10.7 Å². The number of hydrogen-bond donors (Lipinski definition) is 0. The van der Waals surface area contributed by atoms with E-state index in [1.54, 1.807) is 6.20 Å². The molecular formula is C44H31IrN3-2. The molecular weight excluding hydrogens is 763 g/mol. The molecule has 233 valence electrons. The zero-order chi connectivity index (χ0) is 31.7. The molecule has 3 nitrogen and oxygen atoms in total. The van der Waals surface area contributed by atoms with Gasteiger partial charge in [-0.2, -0.15) is 0 Å². The third kappa shape index (κ3) is 7.65. The van der Waals surface area contributed by atoms with Crippen molar-refractivity contribution in [1.29, 1.82) is 0 Å². The number of allylic oxidation sites excluding steroid dienone is 2. The van der Waals surface area contributed by atoms with Gasteiger partial charge in [0, 0.05) is 37.4 Å². The Hall–Kier alpha value is -5.67. The van der Waals surface area contributed by atoms with Gasteiger partial charge in [-0.3, -0.25) is 0 Å². The van der Waals surface area contributed by atoms with Gasteiger partial charge in [-0.25, -0.2) is 4.99 Å². The summed E-state index contributed by atoms with van der Waals surface area (Å²) in [5, 5.41) is 0. The number of rotatable bonds is 6. The number of aliphatic imine (C=N–C) groups is 1. The summed E-state index contributed by atoms with van der Waals surface area (Å²) in [6, 6.07) is 60.6. The second kappa shape index (κ2) is 15.8. The summed E-state index contributed by atoms with van der Waals surface area (Å²) in [7, 11) is 0. The van der Waals surface area contributed by atoms with Crippen LogP contribution in [0.4, 0.5) is 0 Å². The monoisotopic (exact) mass is 794 g/mol. The summed E-state index contributed by atoms with van der Waals surface area (Å²) in [6.45, 7) is 0. The van der Waals surface area contributed by atoms with Crippen molar-refractivity contribution in [2.45, 2.75) is 0 Å². The van der Waals surface area contributed by atoms with Gasteiger partial charge in [0.25, 0.3) is 0 Å². The molecule has 0 spiro atoms. The predicted molar refractivity (Wildman–Crippen MR) is 195 cm³/mol. The summed E-state index contributed by atoms with van der Waals surface area (Å²) >= 11 is 0. The van der Waals surface area contributed by atoms with Crippen LogP contribution in [-0.2, 0) is 20.1 Å². The van der Waals surface area contributed by atoms with Crippen molar-refractivity contribution in [3.8, 4) is 33.6 Å². The Labute approximate surface area is 295 Å². The Kier molecular flexibility index (Phi) is 10.6. The van der Waals surface area contributed by atoms with Crippen molar-refractivity contribution in [2.24, 2.45) is 4.99 Å². The fourth-order valence-corrected chi connectivity index (χ4v) is 5.50. The predicted octanol–water partition coefficient (Wildman–Crippen LogP) is 10.5. The van der Waals surface area contributed by atoms with E-state index in [2.05, 4.69) is 102 Å². The molecule has 4 heteroatoms. The topological polar surface area (TPSA) is 39.4 Å². The van der Waals surface area contributed by atoms with Gasteiger partial charge in [0.1, 0.15) is 0 Å². The molecule has 2 aromatic heterocycles. The Morgan fingerprint density at radius 3 is 1.75 bits per heavy atom. The first-order valence-corrected chi connectivity index (χ1v) is 15.6. The summed E-state index contributed by atoms with van der Waals surface area (Å²) in [5.74, 6) is 0. The van der Waals surface area contributed by atoms with E-state index in [-0.39, 0.29) is 20.1 Å². The number of aromatic nitrogens is 2. The molecule has 0 fully saturated rings. The normalized spacial score (nSPS) is 12.7. The standard InChI is InChI=1S/C33H23N2.C11H8N.Ir/c1-5-13-24(14-6-1)28-21-30(26-17-9-3-10-18-26)34-32(28)23-33-29(25-15-7-2-8-16-25)22-31(35-33)27-19-11-4-12-20-27;1-2-6-10(7-3-1)11-8-4-5-9-12-11;/h1-23H;1-6,8-9H;/q2*-1;/b32-23-;;. The van der Waals surface area contributed by atoms with Gasteiger partial charge >= 0.3 is 0 Å². The maximum Gasteiger partial charge on any atom is 0.0716 e. The first kappa shape index (κ1) is 32.3. The van der Waals surface area contributed by atoms with Crippen LogP contribution >= 0.6 is 0 Å². The van der Waals surface area contributed by atoms with Gasteiger partial charge in [0.05, 0.1) is 11.4 Å². The van der Waals surface area contributed by atoms with E-state index in [9.17, 15) is 0 Å². The van der Waals surface area contributed by atoms with Crippen LogP contribution in [0.3, 0.4) is 0 Å². The summed E-state index contributed by atoms with van der Waals surface area (Å²) in [5.41, 5.74) is 12.5. The van der Waals surface area contributed by atoms with Crippen LogP contribution in [0.15, 0.2) is 193 Å². The third-order valence-corrected chi connectivity index (χ3v) is 7.83. The van der Waals surface area contributed by atoms with Gasteiger partial charge in [-0.15, -0.1) is 47.3 Å². The molecule has 0 aliphatic carbocycles. The van der Waals surface area contributed by atoms with Crippen LogP contribution in [0.25, 0.3) is 45.3 Å². The Morgan fingerprint density at radius 1 is 0.562 bits per heavy atom. The third-order valence-electron chi connectivity index (χ3n) is 7.83. The van der Waals surface area contributed by atoms with E-state index < -0.39 is 0 Å². The number of benzene rings is 5. The molecule has 1 aliphatic heterocycles. The summed E-state index contributed by atoms with van der Waals surface area (Å²) < 4.78 is 0. The molecule has 1 radical (unpaired) electrons. The van der Waals surface area contributed by atoms with E-state index >= 15 is 0 Å². The molecule has 5 aromatic carbocycles. The molecule has 0 unspecified atom stereocenters. The van der Waals surface area contributed by atoms with Crippen molar-refractivity contribution >= 4 is 17.4 Å². The first-order valence-electron chi connectivity index (χ1n) is 15.6. The van der Waals surface area contributed by atoms with Crippen LogP contribution in [0.2, 0.25) is 0 Å². The summed E-state index contributed by atoms with van der Waals surface area (Å²) in [6.07, 6.45) is 6.10. The van der Waals surface area contributed by atoms with E-state index in [1.807, 2.05) is 91.0 Å². The van der Waals surface area contributed by atoms with Gasteiger partial charge in [-0.1, -0.05) is 140 Å². The fourth-order valence-electron chi connectivity index (χ4n) is 5.50. The Balaban J connectivity index is 0.000000260. The molecule has 7 aromatic rings. The van der Waals surface area contributed by atoms with Crippen LogP contribution < -0.4 is 4.98 Å². The average molecular weight is 794 g/mol. The van der Waals surface area contributed by atoms with Crippen molar-refractivity contribution in [3.05, 3.63) is 211 Å². The molecule has 1 aliphatic rings. The first-order chi connectivity index (χ1) is 23.3. The smallest absolute Gasteiger partial charge is 0.0716 e. The van der Waals surface area contributed by atoms with E-state index in [4.69, 9.17) is 9.98 Å². The molecule has 3 heterocycles. The maximum atomic E-state index is 5.07. The van der Waals surface area contributed by atoms with Crippen LogP contribution in [0, 0.1) is 6.07 Å². The van der Waals surface area contributed by atoms with Crippen molar-refractivity contribution in [3.63, 3.8) is 0 Å². The molecule has 0 bridgehead atoms. The molecule has 0 amide bonds. The fraction of sp³-hybridized carbons (Fsp3) is 0. The van der Waals surface area contributed by atoms with Crippen LogP contribution in [0.1, 0.15) is 16.8 Å². The van der Waals surface area contributed by atoms with Gasteiger partial charge in [0.15, 0.2) is 0 Å². The van der Waals surface area contributed by atoms with E-state index in [0.717, 1.165) is 67.4 Å². The summed E-state index contributed by atoms with van der Waals surface area (Å²) in [4.78, 5) is 14.4. The van der Waals surface area contributed by atoms with Crippen molar-refractivity contribution in [1.82, 2.24) is 9.97 Å². The van der Waals surface area contributed by atoms with Gasteiger partial charge < -0.3 is 9.97 Å². The molecule has 8 rings (SSSR count). The van der Waals surface area contributed by atoms with E-state index in [0.29, 0.717) is 0 Å². The zero-order valence-corrected chi connectivity index (χ0v) is 28.5. The molecule has 0 saturated heterocycles. The minimum atomic E-state index is 0. The number of pyridine rings is 1. The minimum Gasteiger partial charge on any atom is -0.657 e. The van der Waals surface area contributed by atoms with Crippen molar-refractivity contribution in [2.75, 3.05) is 0 Å².